The number of nitrogens with one attached hydrogen (secondary N) is 1. The molecular weight excluding hydrogens is 379 g/mol. The SMILES string of the molecule is CS(=O)(=O)c1ccc([C@@H](CC2CCOCC2)c2cc3cc(F)cnc3[nH]2)cc1. The number of aromatic amines is 1. The van der Waals surface area contributed by atoms with Gasteiger partial charge < -0.3 is 9.72 Å². The minimum absolute atomic E-state index is 0.0500. The van der Waals surface area contributed by atoms with Gasteiger partial charge in [0, 0.05) is 36.5 Å². The van der Waals surface area contributed by atoms with Gasteiger partial charge in [-0.2, -0.15) is 0 Å². The van der Waals surface area contributed by atoms with Crippen LogP contribution in [0.3, 0.4) is 0 Å². The van der Waals surface area contributed by atoms with Crippen molar-refractivity contribution in [2.75, 3.05) is 19.5 Å². The molecule has 5 nitrogen and oxygen atoms in total. The van der Waals surface area contributed by atoms with E-state index in [0.29, 0.717) is 16.5 Å². The Labute approximate surface area is 163 Å². The zero-order valence-corrected chi connectivity index (χ0v) is 16.5. The van der Waals surface area contributed by atoms with E-state index in [1.165, 1.54) is 18.5 Å². The van der Waals surface area contributed by atoms with Gasteiger partial charge in [0.25, 0.3) is 0 Å². The molecule has 1 atom stereocenters. The van der Waals surface area contributed by atoms with Crippen LogP contribution in [-0.4, -0.2) is 37.9 Å². The molecule has 4 rings (SSSR count). The highest BCUT2D eigenvalue weighted by Gasteiger charge is 2.24. The van der Waals surface area contributed by atoms with E-state index in [0.717, 1.165) is 49.1 Å². The van der Waals surface area contributed by atoms with E-state index in [2.05, 4.69) is 9.97 Å². The van der Waals surface area contributed by atoms with Gasteiger partial charge in [-0.05, 0) is 55.0 Å². The van der Waals surface area contributed by atoms with Crippen LogP contribution in [0.5, 0.6) is 0 Å². The van der Waals surface area contributed by atoms with E-state index in [-0.39, 0.29) is 11.7 Å². The second-order valence-electron chi connectivity index (χ2n) is 7.50. The largest absolute Gasteiger partial charge is 0.381 e. The molecule has 0 amide bonds. The van der Waals surface area contributed by atoms with Crippen LogP contribution < -0.4 is 0 Å². The standard InChI is InChI=1S/C21H23FN2O3S/c1-28(25,26)18-4-2-15(3-5-18)19(10-14-6-8-27-9-7-14)20-12-16-11-17(22)13-23-21(16)24-20/h2-5,11-14,19H,6-10H2,1H3,(H,23,24)/t19-/m1/s1. The Bertz CT molecular complexity index is 1070. The number of pyridine rings is 1. The maximum atomic E-state index is 13.6. The summed E-state index contributed by atoms with van der Waals surface area (Å²) in [6, 6.07) is 10.5. The average Bonchev–Trinajstić information content (AvgIpc) is 3.09. The van der Waals surface area contributed by atoms with Gasteiger partial charge in [0.05, 0.1) is 11.1 Å². The molecule has 1 aromatic carbocycles. The van der Waals surface area contributed by atoms with Crippen molar-refractivity contribution in [3.05, 3.63) is 59.7 Å². The second kappa shape index (κ2) is 7.64. The monoisotopic (exact) mass is 402 g/mol. The molecule has 0 unspecified atom stereocenters. The minimum atomic E-state index is -3.24. The Kier molecular flexibility index (Phi) is 5.21. The molecular formula is C21H23FN2O3S. The number of fused-ring (bicyclic) bond motifs is 1. The first kappa shape index (κ1) is 19.1. The molecule has 0 saturated carbocycles. The van der Waals surface area contributed by atoms with Crippen molar-refractivity contribution in [2.45, 2.75) is 30.1 Å². The molecule has 0 aliphatic carbocycles. The highest BCUT2D eigenvalue weighted by atomic mass is 32.2. The lowest BCUT2D eigenvalue weighted by atomic mass is 9.83. The van der Waals surface area contributed by atoms with Crippen LogP contribution in [0.1, 0.15) is 36.4 Å². The Morgan fingerprint density at radius 3 is 2.61 bits per heavy atom. The summed E-state index contributed by atoms with van der Waals surface area (Å²) in [5.74, 6) is 0.204. The average molecular weight is 402 g/mol. The van der Waals surface area contributed by atoms with Crippen molar-refractivity contribution in [1.82, 2.24) is 9.97 Å². The lowest BCUT2D eigenvalue weighted by molar-refractivity contribution is 0.0626. The summed E-state index contributed by atoms with van der Waals surface area (Å²) in [4.78, 5) is 7.78. The summed E-state index contributed by atoms with van der Waals surface area (Å²) in [6.45, 7) is 1.54. The van der Waals surface area contributed by atoms with Crippen molar-refractivity contribution in [3.63, 3.8) is 0 Å². The van der Waals surface area contributed by atoms with Gasteiger partial charge in [0.2, 0.25) is 0 Å². The zero-order valence-electron chi connectivity index (χ0n) is 15.7. The fourth-order valence-corrected chi connectivity index (χ4v) is 4.53. The predicted octanol–water partition coefficient (Wildman–Crippen LogP) is 4.05. The van der Waals surface area contributed by atoms with Crippen LogP contribution in [0, 0.1) is 11.7 Å². The van der Waals surface area contributed by atoms with Gasteiger partial charge in [-0.25, -0.2) is 17.8 Å². The van der Waals surface area contributed by atoms with E-state index in [1.807, 2.05) is 18.2 Å². The minimum Gasteiger partial charge on any atom is -0.381 e. The topological polar surface area (TPSA) is 72.1 Å². The van der Waals surface area contributed by atoms with Gasteiger partial charge in [-0.15, -0.1) is 0 Å². The smallest absolute Gasteiger partial charge is 0.175 e. The maximum Gasteiger partial charge on any atom is 0.175 e. The number of aromatic nitrogens is 2. The highest BCUT2D eigenvalue weighted by Crippen LogP contribution is 2.35. The summed E-state index contributed by atoms with van der Waals surface area (Å²) in [5, 5.41) is 0.736. The third-order valence-electron chi connectivity index (χ3n) is 5.45. The molecule has 7 heteroatoms. The van der Waals surface area contributed by atoms with Gasteiger partial charge >= 0.3 is 0 Å². The Morgan fingerprint density at radius 1 is 1.21 bits per heavy atom. The number of benzene rings is 1. The van der Waals surface area contributed by atoms with Gasteiger partial charge in [-0.3, -0.25) is 0 Å². The summed E-state index contributed by atoms with van der Waals surface area (Å²) >= 11 is 0. The van der Waals surface area contributed by atoms with Crippen LogP contribution >= 0.6 is 0 Å². The molecule has 148 valence electrons. The van der Waals surface area contributed by atoms with Crippen molar-refractivity contribution in [1.29, 1.82) is 0 Å². The van der Waals surface area contributed by atoms with E-state index >= 15 is 0 Å². The fourth-order valence-electron chi connectivity index (χ4n) is 3.90. The van der Waals surface area contributed by atoms with Crippen LogP contribution in [0.4, 0.5) is 4.39 Å². The van der Waals surface area contributed by atoms with Crippen LogP contribution in [0.15, 0.2) is 47.5 Å². The van der Waals surface area contributed by atoms with E-state index in [9.17, 15) is 12.8 Å². The highest BCUT2D eigenvalue weighted by molar-refractivity contribution is 7.90. The number of H-pyrrole nitrogens is 1. The first-order valence-corrected chi connectivity index (χ1v) is 11.3. The first-order valence-electron chi connectivity index (χ1n) is 9.42. The molecule has 0 bridgehead atoms. The van der Waals surface area contributed by atoms with Gasteiger partial charge in [0.1, 0.15) is 11.5 Å². The molecule has 1 N–H and O–H groups in total. The number of nitrogens with zero attached hydrogens (tertiary/aromatic N) is 1. The lowest BCUT2D eigenvalue weighted by Crippen LogP contribution is -2.18. The number of ether oxygens (including phenoxy) is 1. The summed E-state index contributed by atoms with van der Waals surface area (Å²) in [5.41, 5.74) is 2.65. The molecule has 1 aliphatic heterocycles. The first-order chi connectivity index (χ1) is 13.4. The van der Waals surface area contributed by atoms with Crippen LogP contribution in [0.2, 0.25) is 0 Å². The summed E-state index contributed by atoms with van der Waals surface area (Å²) in [7, 11) is -3.24. The molecule has 3 heterocycles. The number of hydrogen-bond donors (Lipinski definition) is 1. The molecule has 1 fully saturated rings. The fraction of sp³-hybridized carbons (Fsp3) is 0.381. The molecule has 2 aromatic heterocycles. The van der Waals surface area contributed by atoms with Crippen molar-refractivity contribution < 1.29 is 17.5 Å². The summed E-state index contributed by atoms with van der Waals surface area (Å²) < 4.78 is 42.6. The van der Waals surface area contributed by atoms with E-state index in [4.69, 9.17) is 4.74 Å². The molecule has 1 aliphatic rings. The lowest BCUT2D eigenvalue weighted by Gasteiger charge is -2.26. The van der Waals surface area contributed by atoms with E-state index < -0.39 is 9.84 Å². The van der Waals surface area contributed by atoms with Crippen molar-refractivity contribution in [3.8, 4) is 0 Å². The van der Waals surface area contributed by atoms with Crippen molar-refractivity contribution in [2.24, 2.45) is 5.92 Å². The molecule has 0 radical (unpaired) electrons. The van der Waals surface area contributed by atoms with Crippen molar-refractivity contribution >= 4 is 20.9 Å². The Morgan fingerprint density at radius 2 is 1.93 bits per heavy atom. The molecule has 28 heavy (non-hydrogen) atoms. The molecule has 3 aromatic rings. The summed E-state index contributed by atoms with van der Waals surface area (Å²) in [6.07, 6.45) is 5.34. The molecule has 0 spiro atoms. The van der Waals surface area contributed by atoms with Gasteiger partial charge in [-0.1, -0.05) is 12.1 Å². The second-order valence-corrected chi connectivity index (χ2v) is 9.52. The Hall–Kier alpha value is -2.25. The predicted molar refractivity (Wildman–Crippen MR) is 106 cm³/mol. The van der Waals surface area contributed by atoms with E-state index in [1.54, 1.807) is 12.1 Å². The number of sulfone groups is 1. The maximum absolute atomic E-state index is 13.6. The number of hydrogen-bond acceptors (Lipinski definition) is 4. The van der Waals surface area contributed by atoms with Crippen LogP contribution in [0.25, 0.3) is 11.0 Å². The number of halogens is 1. The number of rotatable bonds is 5. The normalized spacial score (nSPS) is 17.1. The quantitative estimate of drug-likeness (QED) is 0.699. The third kappa shape index (κ3) is 4.10. The van der Waals surface area contributed by atoms with Gasteiger partial charge in [0.15, 0.2) is 9.84 Å². The third-order valence-corrected chi connectivity index (χ3v) is 6.58. The van der Waals surface area contributed by atoms with Crippen LogP contribution in [-0.2, 0) is 14.6 Å². The molecule has 1 saturated heterocycles. The Balaban J connectivity index is 1.71. The zero-order chi connectivity index (χ0) is 19.7.